The molecule has 0 spiro atoms. The molecule has 0 aromatic rings. The molecule has 0 atom stereocenters. The number of carboxylic acid groups (broad SMARTS) is 1. The van der Waals surface area contributed by atoms with Gasteiger partial charge in [0.15, 0.2) is 5.75 Å². The van der Waals surface area contributed by atoms with Crippen molar-refractivity contribution in [2.24, 2.45) is 0 Å². The second-order valence-corrected chi connectivity index (χ2v) is 8.32. The SMILES string of the molecule is CCCCCCCCCCC[CH2][K].O=C(O)CS(=O)(=O)O. The maximum Gasteiger partial charge on any atom is 0.321 e. The normalized spacial score (nSPS) is 10.9. The average molecular weight is 349 g/mol. The summed E-state index contributed by atoms with van der Waals surface area (Å²) in [4.78, 5) is 9.48. The van der Waals surface area contributed by atoms with E-state index in [4.69, 9.17) is 9.66 Å². The first kappa shape index (κ1) is 24.3. The van der Waals surface area contributed by atoms with E-state index in [9.17, 15) is 13.2 Å². The fourth-order valence-electron chi connectivity index (χ4n) is 1.89. The van der Waals surface area contributed by atoms with Gasteiger partial charge in [0.25, 0.3) is 10.1 Å². The van der Waals surface area contributed by atoms with Crippen molar-refractivity contribution in [2.75, 3.05) is 5.75 Å². The molecule has 0 fully saturated rings. The quantitative estimate of drug-likeness (QED) is 0.320. The Hall–Kier alpha value is 1.02. The molecule has 122 valence electrons. The summed E-state index contributed by atoms with van der Waals surface area (Å²) in [5.74, 6) is -2.79. The minimum atomic E-state index is -4.32. The molecule has 0 bridgehead atoms. The van der Waals surface area contributed by atoms with Crippen molar-refractivity contribution in [3.8, 4) is 0 Å². The van der Waals surface area contributed by atoms with Gasteiger partial charge in [-0.2, -0.15) is 8.42 Å². The molecule has 0 rings (SSSR count). The number of hydrogen-bond acceptors (Lipinski definition) is 3. The summed E-state index contributed by atoms with van der Waals surface area (Å²) < 4.78 is 28.6. The Bertz CT molecular complexity index is 320. The summed E-state index contributed by atoms with van der Waals surface area (Å²) >= 11 is 1.10. The van der Waals surface area contributed by atoms with Crippen molar-refractivity contribution in [2.45, 2.75) is 71.6 Å². The molecule has 7 heteroatoms. The third kappa shape index (κ3) is 29.6. The van der Waals surface area contributed by atoms with E-state index >= 15 is 0 Å². The number of hydrogen-bond donors (Lipinski definition) is 2. The molecule has 21 heavy (non-hydrogen) atoms. The molecule has 0 aromatic carbocycles. The zero-order valence-corrected chi connectivity index (χ0v) is 17.5. The molecule has 0 aliphatic carbocycles. The molecule has 0 aliphatic heterocycles. The number of rotatable bonds is 12. The van der Waals surface area contributed by atoms with Gasteiger partial charge in [0.05, 0.1) is 0 Å². The van der Waals surface area contributed by atoms with Crippen LogP contribution in [0.1, 0.15) is 71.1 Å². The van der Waals surface area contributed by atoms with E-state index in [-0.39, 0.29) is 0 Å². The summed E-state index contributed by atoms with van der Waals surface area (Å²) in [6.45, 7) is 2.29. The summed E-state index contributed by atoms with van der Waals surface area (Å²) in [6, 6.07) is 0. The standard InChI is InChI=1S/C12H25.C2H4O5S.K/c1-3-5-7-9-11-12-10-8-6-4-2;3-2(4)1-8(5,6)7;/h1,3-12H2,2H3;1H2,(H,3,4)(H,5,6,7);. The third-order valence-corrected chi connectivity index (χ3v) is 4.73. The van der Waals surface area contributed by atoms with Crippen molar-refractivity contribution < 1.29 is 22.9 Å². The van der Waals surface area contributed by atoms with Crippen LogP contribution >= 0.6 is 0 Å². The van der Waals surface area contributed by atoms with E-state index in [1.54, 1.807) is 0.515 Å². The molecule has 0 radical (unpaired) electrons. The van der Waals surface area contributed by atoms with Crippen LogP contribution in [0, 0.1) is 0 Å². The Morgan fingerprint density at radius 3 is 1.52 bits per heavy atom. The van der Waals surface area contributed by atoms with Crippen LogP contribution in [-0.4, -0.2) is 78.8 Å². The summed E-state index contributed by atoms with van der Waals surface area (Å²) in [5.41, 5.74) is 0. The Morgan fingerprint density at radius 2 is 1.29 bits per heavy atom. The van der Waals surface area contributed by atoms with E-state index in [1.165, 1.54) is 64.2 Å². The van der Waals surface area contributed by atoms with Gasteiger partial charge in [0.2, 0.25) is 0 Å². The van der Waals surface area contributed by atoms with Crippen LogP contribution < -0.4 is 0 Å². The van der Waals surface area contributed by atoms with Crippen LogP contribution in [-0.2, 0) is 14.9 Å². The van der Waals surface area contributed by atoms with Crippen LogP contribution in [0.4, 0.5) is 0 Å². The summed E-state index contributed by atoms with van der Waals surface area (Å²) in [5, 5.41) is 7.71. The van der Waals surface area contributed by atoms with Gasteiger partial charge in [0, 0.05) is 0 Å². The Kier molecular flexibility index (Phi) is 20.1. The molecule has 0 heterocycles. The van der Waals surface area contributed by atoms with Crippen LogP contribution in [0.25, 0.3) is 0 Å². The zero-order valence-electron chi connectivity index (χ0n) is 13.5. The van der Waals surface area contributed by atoms with Gasteiger partial charge in [-0.15, -0.1) is 0 Å². The van der Waals surface area contributed by atoms with Gasteiger partial charge in [-0.05, 0) is 0 Å². The molecule has 0 aliphatic rings. The fourth-order valence-corrected chi connectivity index (χ4v) is 2.99. The van der Waals surface area contributed by atoms with Gasteiger partial charge in [0.1, 0.15) is 0 Å². The largest absolute Gasteiger partial charge is 0.480 e. The zero-order chi connectivity index (χ0) is 16.6. The van der Waals surface area contributed by atoms with Crippen molar-refractivity contribution in [3.05, 3.63) is 0 Å². The van der Waals surface area contributed by atoms with Crippen molar-refractivity contribution in [3.63, 3.8) is 0 Å². The number of carboxylic acids is 1. The third-order valence-electron chi connectivity index (χ3n) is 3.01. The topological polar surface area (TPSA) is 91.7 Å². The first-order valence-corrected chi connectivity index (χ1v) is 11.8. The number of unbranched alkanes of at least 4 members (excludes halogenated alkanes) is 9. The second kappa shape index (κ2) is 17.4. The van der Waals surface area contributed by atoms with Gasteiger partial charge in [-0.1, -0.05) is 0 Å². The molecule has 0 unspecified atom stereocenters. The number of aliphatic carboxylic acids is 1. The van der Waals surface area contributed by atoms with Gasteiger partial charge < -0.3 is 5.11 Å². The van der Waals surface area contributed by atoms with Crippen LogP contribution in [0.5, 0.6) is 0 Å². The van der Waals surface area contributed by atoms with Gasteiger partial charge >= 0.3 is 127 Å². The summed E-state index contributed by atoms with van der Waals surface area (Å²) in [6.07, 6.45) is 14.8. The Balaban J connectivity index is 0. The molecule has 0 amide bonds. The van der Waals surface area contributed by atoms with Gasteiger partial charge in [-0.3, -0.25) is 9.35 Å². The van der Waals surface area contributed by atoms with E-state index in [0.29, 0.717) is 0 Å². The molecule has 0 saturated carbocycles. The summed E-state index contributed by atoms with van der Waals surface area (Å²) in [7, 11) is -4.32. The van der Waals surface area contributed by atoms with Crippen LogP contribution in [0.15, 0.2) is 0 Å². The minimum absolute atomic E-state index is 1.10. The van der Waals surface area contributed by atoms with E-state index in [2.05, 4.69) is 6.92 Å². The Morgan fingerprint density at radius 1 is 0.905 bits per heavy atom. The molecular formula is C14H29KO5S. The first-order chi connectivity index (χ1) is 9.83. The predicted octanol–water partition coefficient (Wildman–Crippen LogP) is 3.45. The maximum atomic E-state index is 9.62. The van der Waals surface area contributed by atoms with Crippen molar-refractivity contribution in [1.82, 2.24) is 0 Å². The van der Waals surface area contributed by atoms with E-state index in [0.717, 1.165) is 49.0 Å². The Labute approximate surface area is 163 Å². The van der Waals surface area contributed by atoms with Gasteiger partial charge in [-0.25, -0.2) is 0 Å². The molecular weight excluding hydrogens is 319 g/mol. The van der Waals surface area contributed by atoms with Crippen LogP contribution in [0.3, 0.4) is 0 Å². The van der Waals surface area contributed by atoms with E-state index in [1.807, 2.05) is 0 Å². The second-order valence-electron chi connectivity index (χ2n) is 5.30. The van der Waals surface area contributed by atoms with Crippen LogP contribution in [0.2, 0.25) is 0.515 Å². The smallest absolute Gasteiger partial charge is 0.321 e. The molecule has 2 N–H and O–H groups in total. The maximum absolute atomic E-state index is 9.62. The minimum Gasteiger partial charge on any atom is -0.480 e. The van der Waals surface area contributed by atoms with Crippen molar-refractivity contribution in [1.29, 1.82) is 0 Å². The number of carbonyl (C=O) groups is 1. The van der Waals surface area contributed by atoms with E-state index < -0.39 is 21.8 Å². The monoisotopic (exact) mass is 348 g/mol. The fraction of sp³-hybridized carbons (Fsp3) is 0.929. The molecule has 5 nitrogen and oxygen atoms in total. The average Bonchev–Trinajstić information content (AvgIpc) is 2.35. The molecule has 0 saturated heterocycles. The predicted molar refractivity (Wildman–Crippen MR) is 86.5 cm³/mol. The molecule has 0 aromatic heterocycles. The first-order valence-electron chi connectivity index (χ1n) is 8.00. The van der Waals surface area contributed by atoms with Crippen molar-refractivity contribution >= 4 is 65.0 Å².